The van der Waals surface area contributed by atoms with E-state index >= 15 is 0 Å². The molecule has 0 amide bonds. The maximum Gasteiger partial charge on any atom is 0.345 e. The first-order valence-corrected chi connectivity index (χ1v) is 5.28. The minimum Gasteiger partial charge on any atom is -0.477 e. The molecule has 0 atom stereocenters. The molecule has 0 bridgehead atoms. The molecule has 6 heteroatoms. The molecule has 2 aromatic heterocycles. The molecule has 16 heavy (non-hydrogen) atoms. The number of aromatic carboxylic acids is 1. The highest BCUT2D eigenvalue weighted by Crippen LogP contribution is 2.21. The first kappa shape index (κ1) is 10.6. The molecular formula is C10H8N2O3S. The summed E-state index contributed by atoms with van der Waals surface area (Å²) in [6.45, 7) is 1.78. The van der Waals surface area contributed by atoms with Crippen LogP contribution in [0.1, 0.15) is 25.7 Å². The highest BCUT2D eigenvalue weighted by molar-refractivity contribution is 7.16. The predicted molar refractivity (Wildman–Crippen MR) is 58.5 cm³/mol. The predicted octanol–water partition coefficient (Wildman–Crippen LogP) is 1.75. The number of aromatic nitrogens is 2. The van der Waals surface area contributed by atoms with Gasteiger partial charge in [0.15, 0.2) is 6.29 Å². The molecule has 2 heterocycles. The first-order valence-electron chi connectivity index (χ1n) is 4.47. The lowest BCUT2D eigenvalue weighted by molar-refractivity contribution is 0.0702. The second-order valence-electron chi connectivity index (χ2n) is 3.20. The van der Waals surface area contributed by atoms with Crippen molar-refractivity contribution >= 4 is 23.6 Å². The summed E-state index contributed by atoms with van der Waals surface area (Å²) >= 11 is 1.11. The molecule has 0 unspecified atom stereocenters. The first-order chi connectivity index (χ1) is 7.61. The van der Waals surface area contributed by atoms with Crippen LogP contribution in [0.3, 0.4) is 0 Å². The van der Waals surface area contributed by atoms with Crippen LogP contribution in [-0.2, 0) is 0 Å². The molecule has 0 aromatic carbocycles. The SMILES string of the molecule is Cc1cn(-c2ccc(C(=O)O)s2)nc1C=O. The van der Waals surface area contributed by atoms with Crippen molar-refractivity contribution in [1.82, 2.24) is 9.78 Å². The Morgan fingerprint density at radius 2 is 2.31 bits per heavy atom. The van der Waals surface area contributed by atoms with Crippen LogP contribution in [0.15, 0.2) is 18.3 Å². The van der Waals surface area contributed by atoms with Gasteiger partial charge in [0.1, 0.15) is 15.6 Å². The molecule has 0 radical (unpaired) electrons. The molecule has 2 aromatic rings. The fourth-order valence-electron chi connectivity index (χ4n) is 1.27. The number of hydrogen-bond acceptors (Lipinski definition) is 4. The standard InChI is InChI=1S/C10H8N2O3S/c1-6-4-12(11-7(6)5-13)9-3-2-8(16-9)10(14)15/h2-5H,1H3,(H,14,15). The van der Waals surface area contributed by atoms with E-state index in [4.69, 9.17) is 5.11 Å². The molecule has 2 rings (SSSR count). The van der Waals surface area contributed by atoms with Crippen molar-refractivity contribution in [2.45, 2.75) is 6.92 Å². The Hall–Kier alpha value is -1.95. The highest BCUT2D eigenvalue weighted by atomic mass is 32.1. The van der Waals surface area contributed by atoms with Gasteiger partial charge in [-0.15, -0.1) is 11.3 Å². The van der Waals surface area contributed by atoms with E-state index in [0.29, 0.717) is 17.0 Å². The molecule has 0 saturated carbocycles. The number of aldehydes is 1. The highest BCUT2D eigenvalue weighted by Gasteiger charge is 2.10. The lowest BCUT2D eigenvalue weighted by Gasteiger charge is -1.93. The molecule has 0 aliphatic heterocycles. The van der Waals surface area contributed by atoms with Gasteiger partial charge >= 0.3 is 5.97 Å². The van der Waals surface area contributed by atoms with Gasteiger partial charge in [0.05, 0.1) is 0 Å². The van der Waals surface area contributed by atoms with E-state index in [0.717, 1.165) is 16.9 Å². The van der Waals surface area contributed by atoms with E-state index in [2.05, 4.69) is 5.10 Å². The Morgan fingerprint density at radius 3 is 2.81 bits per heavy atom. The van der Waals surface area contributed by atoms with Gasteiger partial charge in [0, 0.05) is 6.20 Å². The van der Waals surface area contributed by atoms with Gasteiger partial charge in [-0.2, -0.15) is 5.10 Å². The third kappa shape index (κ3) is 1.74. The van der Waals surface area contributed by atoms with Crippen LogP contribution in [0, 0.1) is 6.92 Å². The summed E-state index contributed by atoms with van der Waals surface area (Å²) in [5.41, 5.74) is 1.13. The van der Waals surface area contributed by atoms with Gasteiger partial charge in [-0.1, -0.05) is 0 Å². The number of aryl methyl sites for hydroxylation is 1. The van der Waals surface area contributed by atoms with Crippen LogP contribution in [-0.4, -0.2) is 27.1 Å². The zero-order chi connectivity index (χ0) is 11.7. The van der Waals surface area contributed by atoms with Gasteiger partial charge in [-0.25, -0.2) is 9.48 Å². The molecule has 82 valence electrons. The Bertz CT molecular complexity index is 556. The molecule has 0 aliphatic carbocycles. The molecule has 0 aliphatic rings. The van der Waals surface area contributed by atoms with Crippen molar-refractivity contribution in [2.24, 2.45) is 0 Å². The molecule has 0 spiro atoms. The van der Waals surface area contributed by atoms with Gasteiger partial charge in [0.2, 0.25) is 0 Å². The Labute approximate surface area is 94.9 Å². The third-order valence-corrected chi connectivity index (χ3v) is 3.14. The summed E-state index contributed by atoms with van der Waals surface area (Å²) in [6, 6.07) is 3.18. The van der Waals surface area contributed by atoms with Crippen molar-refractivity contribution in [3.63, 3.8) is 0 Å². The smallest absolute Gasteiger partial charge is 0.345 e. The second kappa shape index (κ2) is 3.90. The molecule has 5 nitrogen and oxygen atoms in total. The summed E-state index contributed by atoms with van der Waals surface area (Å²) in [4.78, 5) is 21.6. The average molecular weight is 236 g/mol. The number of carbonyl (C=O) groups excluding carboxylic acids is 1. The number of carboxylic acids is 1. The van der Waals surface area contributed by atoms with Gasteiger partial charge in [-0.05, 0) is 24.6 Å². The summed E-state index contributed by atoms with van der Waals surface area (Å²) in [7, 11) is 0. The van der Waals surface area contributed by atoms with Gasteiger partial charge in [-0.3, -0.25) is 4.79 Å². The van der Waals surface area contributed by atoms with Crippen LogP contribution >= 0.6 is 11.3 Å². The van der Waals surface area contributed by atoms with E-state index < -0.39 is 5.97 Å². The summed E-state index contributed by atoms with van der Waals surface area (Å²) in [6.07, 6.45) is 2.37. The van der Waals surface area contributed by atoms with Crippen LogP contribution in [0.5, 0.6) is 0 Å². The number of thiophene rings is 1. The minimum absolute atomic E-state index is 0.246. The van der Waals surface area contributed by atoms with Crippen molar-refractivity contribution in [1.29, 1.82) is 0 Å². The molecule has 1 N–H and O–H groups in total. The second-order valence-corrected chi connectivity index (χ2v) is 4.27. The Morgan fingerprint density at radius 1 is 1.56 bits per heavy atom. The lowest BCUT2D eigenvalue weighted by atomic mass is 10.3. The van der Waals surface area contributed by atoms with Crippen LogP contribution in [0.25, 0.3) is 5.00 Å². The maximum atomic E-state index is 10.7. The normalized spacial score (nSPS) is 10.3. The zero-order valence-corrected chi connectivity index (χ0v) is 9.19. The molecule has 0 saturated heterocycles. The largest absolute Gasteiger partial charge is 0.477 e. The summed E-state index contributed by atoms with van der Waals surface area (Å²) in [5, 5.41) is 13.5. The fraction of sp³-hybridized carbons (Fsp3) is 0.100. The topological polar surface area (TPSA) is 72.2 Å². The van der Waals surface area contributed by atoms with E-state index in [9.17, 15) is 9.59 Å². The van der Waals surface area contributed by atoms with Crippen molar-refractivity contribution in [3.8, 4) is 5.00 Å². The van der Waals surface area contributed by atoms with Crippen LogP contribution in [0.2, 0.25) is 0 Å². The number of nitrogens with zero attached hydrogens (tertiary/aromatic N) is 2. The van der Waals surface area contributed by atoms with E-state index in [1.54, 1.807) is 19.2 Å². The third-order valence-electron chi connectivity index (χ3n) is 2.08. The number of carbonyl (C=O) groups is 2. The van der Waals surface area contributed by atoms with E-state index in [-0.39, 0.29) is 4.88 Å². The summed E-state index contributed by atoms with van der Waals surface area (Å²) in [5.74, 6) is -0.962. The Balaban J connectivity index is 2.42. The zero-order valence-electron chi connectivity index (χ0n) is 8.38. The quantitative estimate of drug-likeness (QED) is 0.824. The fourth-order valence-corrected chi connectivity index (χ4v) is 2.04. The Kier molecular flexibility index (Phi) is 2.57. The minimum atomic E-state index is -0.962. The lowest BCUT2D eigenvalue weighted by Crippen LogP contribution is -1.92. The van der Waals surface area contributed by atoms with Crippen molar-refractivity contribution in [2.75, 3.05) is 0 Å². The van der Waals surface area contributed by atoms with E-state index in [1.165, 1.54) is 10.7 Å². The number of hydrogen-bond donors (Lipinski definition) is 1. The molecule has 0 fully saturated rings. The summed E-state index contributed by atoms with van der Waals surface area (Å²) < 4.78 is 1.51. The molecular weight excluding hydrogens is 228 g/mol. The van der Waals surface area contributed by atoms with Crippen LogP contribution < -0.4 is 0 Å². The van der Waals surface area contributed by atoms with Gasteiger partial charge in [0.25, 0.3) is 0 Å². The van der Waals surface area contributed by atoms with Crippen molar-refractivity contribution in [3.05, 3.63) is 34.5 Å². The average Bonchev–Trinajstić information content (AvgIpc) is 2.83. The maximum absolute atomic E-state index is 10.7. The van der Waals surface area contributed by atoms with E-state index in [1.807, 2.05) is 0 Å². The van der Waals surface area contributed by atoms with Gasteiger partial charge < -0.3 is 5.11 Å². The van der Waals surface area contributed by atoms with Crippen molar-refractivity contribution < 1.29 is 14.7 Å². The number of rotatable bonds is 3. The van der Waals surface area contributed by atoms with Crippen LogP contribution in [0.4, 0.5) is 0 Å². The monoisotopic (exact) mass is 236 g/mol. The number of carboxylic acid groups (broad SMARTS) is 1.